The van der Waals surface area contributed by atoms with Gasteiger partial charge in [0.15, 0.2) is 0 Å². The van der Waals surface area contributed by atoms with Gasteiger partial charge in [0.25, 0.3) is 11.8 Å². The van der Waals surface area contributed by atoms with Crippen molar-refractivity contribution < 1.29 is 14.0 Å². The van der Waals surface area contributed by atoms with Crippen LogP contribution in [0.25, 0.3) is 5.57 Å². The number of nitrogens with zero attached hydrogens (tertiary/aromatic N) is 1. The van der Waals surface area contributed by atoms with Gasteiger partial charge in [0.1, 0.15) is 11.5 Å². The highest BCUT2D eigenvalue weighted by molar-refractivity contribution is 6.36. The average Bonchev–Trinajstić information content (AvgIpc) is 2.99. The van der Waals surface area contributed by atoms with E-state index in [-0.39, 0.29) is 29.9 Å². The average molecular weight is 414 g/mol. The lowest BCUT2D eigenvalue weighted by Crippen LogP contribution is -2.34. The van der Waals surface area contributed by atoms with Crippen LogP contribution in [-0.4, -0.2) is 23.3 Å². The molecule has 1 heterocycles. The van der Waals surface area contributed by atoms with Gasteiger partial charge in [0, 0.05) is 12.2 Å². The number of hydrogen-bond donors (Lipinski definition) is 1. The fraction of sp³-hybridized carbons (Fsp3) is 0.154. The monoisotopic (exact) mass is 414 g/mol. The minimum atomic E-state index is -0.358. The second kappa shape index (κ2) is 8.56. The minimum absolute atomic E-state index is 0.220. The van der Waals surface area contributed by atoms with E-state index in [1.54, 1.807) is 12.1 Å². The third-order valence-corrected chi connectivity index (χ3v) is 5.37. The van der Waals surface area contributed by atoms with Gasteiger partial charge in [-0.3, -0.25) is 14.5 Å². The molecule has 0 saturated carbocycles. The Morgan fingerprint density at radius 1 is 0.774 bits per heavy atom. The number of anilines is 1. The lowest BCUT2D eigenvalue weighted by Gasteiger charge is -2.15. The molecule has 1 aliphatic rings. The predicted molar refractivity (Wildman–Crippen MR) is 120 cm³/mol. The number of amides is 2. The molecule has 3 aromatic rings. The Kier molecular flexibility index (Phi) is 5.67. The molecule has 31 heavy (non-hydrogen) atoms. The van der Waals surface area contributed by atoms with Crippen molar-refractivity contribution in [2.24, 2.45) is 0 Å². The van der Waals surface area contributed by atoms with Crippen molar-refractivity contribution >= 4 is 23.1 Å². The van der Waals surface area contributed by atoms with Crippen LogP contribution in [0.2, 0.25) is 0 Å². The predicted octanol–water partition coefficient (Wildman–Crippen LogP) is 4.88. The summed E-state index contributed by atoms with van der Waals surface area (Å²) in [6.07, 6.45) is 0.455. The van der Waals surface area contributed by atoms with Crippen molar-refractivity contribution in [3.63, 3.8) is 0 Å². The van der Waals surface area contributed by atoms with Gasteiger partial charge >= 0.3 is 0 Å². The molecular formula is C26H23FN2O2. The molecule has 0 unspecified atom stereocenters. The fourth-order valence-corrected chi connectivity index (χ4v) is 3.56. The van der Waals surface area contributed by atoms with Crippen molar-refractivity contribution in [1.82, 2.24) is 4.90 Å². The maximum atomic E-state index is 13.3. The van der Waals surface area contributed by atoms with E-state index < -0.39 is 0 Å². The Labute approximate surface area is 181 Å². The van der Waals surface area contributed by atoms with Crippen LogP contribution >= 0.6 is 0 Å². The Hall–Kier alpha value is -3.73. The SMILES string of the molecule is Cc1ccc(NC2=C(c3ccc(C)cc3)C(=O)N(CCc3ccc(F)cc3)C2=O)cc1. The van der Waals surface area contributed by atoms with Crippen molar-refractivity contribution in [3.8, 4) is 0 Å². The molecule has 1 N–H and O–H groups in total. The maximum absolute atomic E-state index is 13.3. The number of hydrogen-bond acceptors (Lipinski definition) is 3. The molecule has 0 saturated heterocycles. The standard InChI is InChI=1S/C26H23FN2O2/c1-17-3-9-20(10-4-17)23-24(28-22-13-5-18(2)6-14-22)26(31)29(25(23)30)16-15-19-7-11-21(27)12-8-19/h3-14,28H,15-16H2,1-2H3. The number of nitrogens with one attached hydrogen (secondary N) is 1. The largest absolute Gasteiger partial charge is 0.350 e. The molecule has 1 aliphatic heterocycles. The van der Waals surface area contributed by atoms with Crippen LogP contribution < -0.4 is 5.32 Å². The van der Waals surface area contributed by atoms with Crippen LogP contribution in [0.4, 0.5) is 10.1 Å². The second-order valence-electron chi connectivity index (χ2n) is 7.75. The Balaban J connectivity index is 1.64. The summed E-state index contributed by atoms with van der Waals surface area (Å²) in [7, 11) is 0. The molecule has 5 heteroatoms. The van der Waals surface area contributed by atoms with E-state index >= 15 is 0 Å². The van der Waals surface area contributed by atoms with E-state index in [0.717, 1.165) is 22.4 Å². The van der Waals surface area contributed by atoms with E-state index in [1.165, 1.54) is 17.0 Å². The number of aryl methyl sites for hydroxylation is 2. The zero-order valence-corrected chi connectivity index (χ0v) is 17.5. The maximum Gasteiger partial charge on any atom is 0.278 e. The van der Waals surface area contributed by atoms with E-state index in [2.05, 4.69) is 5.32 Å². The van der Waals surface area contributed by atoms with Crippen LogP contribution in [0, 0.1) is 19.7 Å². The van der Waals surface area contributed by atoms with Gasteiger partial charge in [-0.2, -0.15) is 0 Å². The van der Waals surface area contributed by atoms with Gasteiger partial charge in [-0.15, -0.1) is 0 Å². The van der Waals surface area contributed by atoms with Crippen LogP contribution in [0.3, 0.4) is 0 Å². The third-order valence-electron chi connectivity index (χ3n) is 5.37. The van der Waals surface area contributed by atoms with E-state index in [4.69, 9.17) is 0 Å². The van der Waals surface area contributed by atoms with Gasteiger partial charge in [-0.25, -0.2) is 4.39 Å². The number of rotatable bonds is 6. The zero-order chi connectivity index (χ0) is 22.0. The van der Waals surface area contributed by atoms with Crippen molar-refractivity contribution in [3.05, 3.63) is 107 Å². The quantitative estimate of drug-likeness (QED) is 0.585. The summed E-state index contributed by atoms with van der Waals surface area (Å²) in [6.45, 7) is 4.18. The number of halogens is 1. The molecule has 4 nitrogen and oxygen atoms in total. The molecule has 3 aromatic carbocycles. The highest BCUT2D eigenvalue weighted by Gasteiger charge is 2.38. The molecule has 0 aliphatic carbocycles. The summed E-state index contributed by atoms with van der Waals surface area (Å²) in [4.78, 5) is 27.8. The van der Waals surface area contributed by atoms with Gasteiger partial charge in [-0.1, -0.05) is 59.7 Å². The molecule has 0 bridgehead atoms. The van der Waals surface area contributed by atoms with Crippen molar-refractivity contribution in [2.45, 2.75) is 20.3 Å². The molecule has 156 valence electrons. The molecule has 0 radical (unpaired) electrons. The molecule has 0 spiro atoms. The lowest BCUT2D eigenvalue weighted by atomic mass is 10.0. The number of carbonyl (C=O) groups is 2. The molecule has 0 aromatic heterocycles. The van der Waals surface area contributed by atoms with Gasteiger partial charge in [0.05, 0.1) is 5.57 Å². The first kappa shape index (κ1) is 20.5. The van der Waals surface area contributed by atoms with Gasteiger partial charge < -0.3 is 5.32 Å². The Morgan fingerprint density at radius 3 is 1.97 bits per heavy atom. The van der Waals surface area contributed by atoms with Gasteiger partial charge in [0.2, 0.25) is 0 Å². The van der Waals surface area contributed by atoms with Crippen molar-refractivity contribution in [2.75, 3.05) is 11.9 Å². The van der Waals surface area contributed by atoms with Crippen LogP contribution in [0.15, 0.2) is 78.5 Å². The molecule has 0 fully saturated rings. The summed E-state index contributed by atoms with van der Waals surface area (Å²) in [5, 5.41) is 3.17. The number of imide groups is 1. The molecule has 0 atom stereocenters. The topological polar surface area (TPSA) is 49.4 Å². The Bertz CT molecular complexity index is 1150. The van der Waals surface area contributed by atoms with Gasteiger partial charge in [-0.05, 0) is 55.7 Å². The molecule has 4 rings (SSSR count). The zero-order valence-electron chi connectivity index (χ0n) is 17.5. The fourth-order valence-electron chi connectivity index (χ4n) is 3.56. The minimum Gasteiger partial charge on any atom is -0.350 e. The first-order valence-corrected chi connectivity index (χ1v) is 10.2. The number of benzene rings is 3. The highest BCUT2D eigenvalue weighted by atomic mass is 19.1. The first-order valence-electron chi connectivity index (χ1n) is 10.2. The van der Waals surface area contributed by atoms with Crippen LogP contribution in [0.5, 0.6) is 0 Å². The van der Waals surface area contributed by atoms with E-state index in [9.17, 15) is 14.0 Å². The van der Waals surface area contributed by atoms with E-state index in [1.807, 2.05) is 62.4 Å². The summed E-state index contributed by atoms with van der Waals surface area (Å²) in [5.74, 6) is -1.00. The first-order chi connectivity index (χ1) is 14.9. The summed E-state index contributed by atoms with van der Waals surface area (Å²) in [6, 6.07) is 21.3. The number of carbonyl (C=O) groups excluding carboxylic acids is 2. The summed E-state index contributed by atoms with van der Waals surface area (Å²) >= 11 is 0. The third kappa shape index (κ3) is 4.40. The summed E-state index contributed by atoms with van der Waals surface area (Å²) < 4.78 is 13.2. The molecular weight excluding hydrogens is 391 g/mol. The normalized spacial score (nSPS) is 13.8. The highest BCUT2D eigenvalue weighted by Crippen LogP contribution is 2.31. The Morgan fingerprint density at radius 2 is 1.35 bits per heavy atom. The van der Waals surface area contributed by atoms with E-state index in [0.29, 0.717) is 17.6 Å². The summed E-state index contributed by atoms with van der Waals surface area (Å²) in [5.41, 5.74) is 5.12. The van der Waals surface area contributed by atoms with Crippen molar-refractivity contribution in [1.29, 1.82) is 0 Å². The smallest absolute Gasteiger partial charge is 0.278 e. The molecule has 2 amide bonds. The van der Waals surface area contributed by atoms with Crippen LogP contribution in [0.1, 0.15) is 22.3 Å². The van der Waals surface area contributed by atoms with Crippen LogP contribution in [-0.2, 0) is 16.0 Å². The lowest BCUT2D eigenvalue weighted by molar-refractivity contribution is -0.136. The second-order valence-corrected chi connectivity index (χ2v) is 7.75.